The molecule has 0 aliphatic carbocycles. The smallest absolute Gasteiger partial charge is 0.185 e. The van der Waals surface area contributed by atoms with E-state index in [1.807, 2.05) is 18.4 Å². The number of aromatic nitrogens is 3. The second-order valence-corrected chi connectivity index (χ2v) is 4.60. The van der Waals surface area contributed by atoms with Gasteiger partial charge in [-0.1, -0.05) is 5.21 Å². The van der Waals surface area contributed by atoms with E-state index in [0.717, 1.165) is 10.4 Å². The first kappa shape index (κ1) is 11.0. The minimum Gasteiger partial charge on any atom is -0.325 e. The number of rotatable bonds is 4. The van der Waals surface area contributed by atoms with E-state index < -0.39 is 0 Å². The summed E-state index contributed by atoms with van der Waals surface area (Å²) in [5, 5.41) is 9.51. The Bertz CT molecular complexity index is 502. The standard InChI is InChI=1S/C10H12N4OS/c1-7-2-8(6-16-7)10(15)5-14-4-9(3-11)12-13-14/h2,4,6H,3,5,11H2,1H3. The fraction of sp³-hybridized carbons (Fsp3) is 0.300. The Kier molecular flexibility index (Phi) is 3.12. The van der Waals surface area contributed by atoms with E-state index in [1.165, 1.54) is 4.68 Å². The molecule has 0 saturated heterocycles. The van der Waals surface area contributed by atoms with Crippen molar-refractivity contribution in [3.05, 3.63) is 33.8 Å². The highest BCUT2D eigenvalue weighted by atomic mass is 32.1. The average Bonchev–Trinajstić information content (AvgIpc) is 2.87. The number of hydrogen-bond acceptors (Lipinski definition) is 5. The van der Waals surface area contributed by atoms with Crippen LogP contribution in [0.2, 0.25) is 0 Å². The molecule has 0 spiro atoms. The van der Waals surface area contributed by atoms with Crippen LogP contribution in [0.5, 0.6) is 0 Å². The van der Waals surface area contributed by atoms with Crippen molar-refractivity contribution in [3.63, 3.8) is 0 Å². The highest BCUT2D eigenvalue weighted by Crippen LogP contribution is 2.14. The summed E-state index contributed by atoms with van der Waals surface area (Å²) in [6, 6.07) is 1.88. The fourth-order valence-electron chi connectivity index (χ4n) is 1.34. The van der Waals surface area contributed by atoms with Gasteiger partial charge in [0.25, 0.3) is 0 Å². The van der Waals surface area contributed by atoms with E-state index in [-0.39, 0.29) is 12.3 Å². The zero-order valence-corrected chi connectivity index (χ0v) is 9.70. The van der Waals surface area contributed by atoms with Crippen LogP contribution in [-0.4, -0.2) is 20.8 Å². The summed E-state index contributed by atoms with van der Waals surface area (Å²) in [6.07, 6.45) is 1.69. The van der Waals surface area contributed by atoms with E-state index in [4.69, 9.17) is 5.73 Å². The van der Waals surface area contributed by atoms with Crippen LogP contribution < -0.4 is 5.73 Å². The predicted octanol–water partition coefficient (Wildman–Crippen LogP) is 0.990. The van der Waals surface area contributed by atoms with Gasteiger partial charge in [0.2, 0.25) is 0 Å². The maximum atomic E-state index is 11.8. The Morgan fingerprint density at radius 3 is 3.00 bits per heavy atom. The summed E-state index contributed by atoms with van der Waals surface area (Å²) in [7, 11) is 0. The normalized spacial score (nSPS) is 10.6. The Hall–Kier alpha value is -1.53. The van der Waals surface area contributed by atoms with E-state index in [0.29, 0.717) is 12.2 Å². The zero-order valence-electron chi connectivity index (χ0n) is 8.88. The first-order chi connectivity index (χ1) is 7.69. The second-order valence-electron chi connectivity index (χ2n) is 3.48. The summed E-state index contributed by atoms with van der Waals surface area (Å²) < 4.78 is 1.51. The summed E-state index contributed by atoms with van der Waals surface area (Å²) in [6.45, 7) is 2.53. The van der Waals surface area contributed by atoms with Crippen LogP contribution in [0.3, 0.4) is 0 Å². The minimum atomic E-state index is 0.0396. The van der Waals surface area contributed by atoms with Crippen LogP contribution in [0.25, 0.3) is 0 Å². The lowest BCUT2D eigenvalue weighted by atomic mass is 10.2. The van der Waals surface area contributed by atoms with Gasteiger partial charge < -0.3 is 5.73 Å². The molecule has 0 atom stereocenters. The van der Waals surface area contributed by atoms with E-state index in [1.54, 1.807) is 17.5 Å². The van der Waals surface area contributed by atoms with E-state index in [2.05, 4.69) is 10.3 Å². The molecule has 0 radical (unpaired) electrons. The number of carbonyl (C=O) groups excluding carboxylic acids is 1. The van der Waals surface area contributed by atoms with Crippen LogP contribution in [-0.2, 0) is 13.1 Å². The van der Waals surface area contributed by atoms with Crippen LogP contribution in [0.1, 0.15) is 20.9 Å². The van der Waals surface area contributed by atoms with Gasteiger partial charge in [0.05, 0.1) is 11.9 Å². The average molecular weight is 236 g/mol. The van der Waals surface area contributed by atoms with Gasteiger partial charge in [0, 0.05) is 22.4 Å². The van der Waals surface area contributed by atoms with Crippen molar-refractivity contribution in [2.75, 3.05) is 0 Å². The molecule has 2 N–H and O–H groups in total. The predicted molar refractivity (Wildman–Crippen MR) is 61.3 cm³/mol. The first-order valence-electron chi connectivity index (χ1n) is 4.86. The van der Waals surface area contributed by atoms with Crippen molar-refractivity contribution in [3.8, 4) is 0 Å². The Morgan fingerprint density at radius 1 is 1.62 bits per heavy atom. The van der Waals surface area contributed by atoms with Crippen LogP contribution in [0.15, 0.2) is 17.6 Å². The number of nitrogens with two attached hydrogens (primary N) is 1. The molecule has 0 aromatic carbocycles. The monoisotopic (exact) mass is 236 g/mol. The minimum absolute atomic E-state index is 0.0396. The summed E-state index contributed by atoms with van der Waals surface area (Å²) >= 11 is 1.57. The molecule has 0 unspecified atom stereocenters. The van der Waals surface area contributed by atoms with E-state index in [9.17, 15) is 4.79 Å². The third-order valence-electron chi connectivity index (χ3n) is 2.15. The third-order valence-corrected chi connectivity index (χ3v) is 3.01. The number of nitrogens with zero attached hydrogens (tertiary/aromatic N) is 3. The molecule has 0 amide bonds. The topological polar surface area (TPSA) is 73.8 Å². The van der Waals surface area contributed by atoms with Crippen molar-refractivity contribution < 1.29 is 4.79 Å². The van der Waals surface area contributed by atoms with Crippen molar-refractivity contribution >= 4 is 17.1 Å². The number of thiophene rings is 1. The lowest BCUT2D eigenvalue weighted by Gasteiger charge is -1.96. The molecule has 0 bridgehead atoms. The van der Waals surface area contributed by atoms with Crippen LogP contribution in [0, 0.1) is 6.92 Å². The van der Waals surface area contributed by atoms with Crippen molar-refractivity contribution in [2.45, 2.75) is 20.0 Å². The molecule has 0 saturated carbocycles. The molecule has 5 nitrogen and oxygen atoms in total. The molecule has 6 heteroatoms. The van der Waals surface area contributed by atoms with Crippen LogP contribution in [0.4, 0.5) is 0 Å². The largest absolute Gasteiger partial charge is 0.325 e. The number of ketones is 1. The van der Waals surface area contributed by atoms with Gasteiger partial charge in [-0.25, -0.2) is 4.68 Å². The lowest BCUT2D eigenvalue weighted by Crippen LogP contribution is -2.10. The summed E-state index contributed by atoms with van der Waals surface area (Å²) in [4.78, 5) is 12.9. The molecule has 0 fully saturated rings. The maximum Gasteiger partial charge on any atom is 0.185 e. The molecular weight excluding hydrogens is 224 g/mol. The number of hydrogen-bond donors (Lipinski definition) is 1. The quantitative estimate of drug-likeness (QED) is 0.803. The van der Waals surface area contributed by atoms with Gasteiger partial charge >= 0.3 is 0 Å². The molecule has 0 aliphatic rings. The van der Waals surface area contributed by atoms with Gasteiger partial charge in [0.1, 0.15) is 6.54 Å². The number of carbonyl (C=O) groups is 1. The van der Waals surface area contributed by atoms with Crippen molar-refractivity contribution in [1.29, 1.82) is 0 Å². The molecular formula is C10H12N4OS. The molecule has 2 aromatic rings. The lowest BCUT2D eigenvalue weighted by molar-refractivity contribution is 0.0967. The van der Waals surface area contributed by atoms with Crippen molar-refractivity contribution in [1.82, 2.24) is 15.0 Å². The SMILES string of the molecule is Cc1cc(C(=O)Cn2cc(CN)nn2)cs1. The van der Waals surface area contributed by atoms with Gasteiger partial charge in [-0.3, -0.25) is 4.79 Å². The zero-order chi connectivity index (χ0) is 11.5. The summed E-state index contributed by atoms with van der Waals surface area (Å²) in [5.74, 6) is 0.0396. The van der Waals surface area contributed by atoms with E-state index >= 15 is 0 Å². The highest BCUT2D eigenvalue weighted by Gasteiger charge is 2.09. The highest BCUT2D eigenvalue weighted by molar-refractivity contribution is 7.10. The molecule has 2 aromatic heterocycles. The molecule has 16 heavy (non-hydrogen) atoms. The van der Waals surface area contributed by atoms with Crippen LogP contribution >= 0.6 is 11.3 Å². The maximum absolute atomic E-state index is 11.8. The molecule has 2 heterocycles. The Morgan fingerprint density at radius 2 is 2.44 bits per heavy atom. The molecule has 2 rings (SSSR count). The Labute approximate surface area is 96.9 Å². The summed E-state index contributed by atoms with van der Waals surface area (Å²) in [5.41, 5.74) is 6.83. The molecule has 84 valence electrons. The number of Topliss-reactive ketones (excluding diaryl/α,β-unsaturated/α-hetero) is 1. The first-order valence-corrected chi connectivity index (χ1v) is 5.74. The van der Waals surface area contributed by atoms with Gasteiger partial charge in [-0.2, -0.15) is 0 Å². The van der Waals surface area contributed by atoms with Gasteiger partial charge in [-0.15, -0.1) is 16.4 Å². The number of aryl methyl sites for hydroxylation is 1. The van der Waals surface area contributed by atoms with Crippen molar-refractivity contribution in [2.24, 2.45) is 5.73 Å². The molecule has 0 aliphatic heterocycles. The Balaban J connectivity index is 2.07. The second kappa shape index (κ2) is 4.54. The third kappa shape index (κ3) is 2.34. The van der Waals surface area contributed by atoms with Gasteiger partial charge in [-0.05, 0) is 13.0 Å². The van der Waals surface area contributed by atoms with Gasteiger partial charge in [0.15, 0.2) is 5.78 Å². The fourth-order valence-corrected chi connectivity index (χ4v) is 2.04.